The maximum atomic E-state index is 12.9. The summed E-state index contributed by atoms with van der Waals surface area (Å²) in [7, 11) is 0. The molecule has 2 fully saturated rings. The smallest absolute Gasteiger partial charge is 0.269 e. The van der Waals surface area contributed by atoms with Gasteiger partial charge in [-0.1, -0.05) is 23.2 Å². The molecule has 8 rings (SSSR count). The Kier molecular flexibility index (Phi) is 2.36. The second kappa shape index (κ2) is 4.32. The van der Waals surface area contributed by atoms with Crippen molar-refractivity contribution in [3.63, 3.8) is 0 Å². The molecule has 6 atom stereocenters. The van der Waals surface area contributed by atoms with Gasteiger partial charge in [0.2, 0.25) is 0 Å². The number of aromatic hydroxyl groups is 2. The zero-order valence-electron chi connectivity index (χ0n) is 14.6. The molecule has 8 nitrogen and oxygen atoms in total. The number of epoxide rings is 2. The van der Waals surface area contributed by atoms with Crippen molar-refractivity contribution in [1.82, 2.24) is 0 Å². The van der Waals surface area contributed by atoms with E-state index in [1.54, 1.807) is 0 Å². The molecule has 4 heterocycles. The van der Waals surface area contributed by atoms with Crippen LogP contribution in [0, 0.1) is 0 Å². The largest absolute Gasteiger partial charge is 0.506 e. The SMILES string of the molecule is O=C1c2c(O)c(Cl)cc3c2[C@@]2(Oc4cc(Cl)c(O)c5c4[C@]3(O2)[C@@H]2OC2C5=O)[C@@H]2OC12. The average molecular weight is 447 g/mol. The number of hydrogen-bond acceptors (Lipinski definition) is 8. The van der Waals surface area contributed by atoms with Crippen LogP contribution >= 0.6 is 23.2 Å². The fourth-order valence-electron chi connectivity index (χ4n) is 5.72. The van der Waals surface area contributed by atoms with Gasteiger partial charge < -0.3 is 29.2 Å². The Bertz CT molecular complexity index is 1340. The number of fused-ring (bicyclic) bond motifs is 2. The summed E-state index contributed by atoms with van der Waals surface area (Å²) in [6, 6.07) is 2.90. The topological polar surface area (TPSA) is 118 Å². The van der Waals surface area contributed by atoms with E-state index in [2.05, 4.69) is 0 Å². The first kappa shape index (κ1) is 16.3. The predicted molar refractivity (Wildman–Crippen MR) is 96.4 cm³/mol. The summed E-state index contributed by atoms with van der Waals surface area (Å²) in [5, 5.41) is 21.1. The highest BCUT2D eigenvalue weighted by molar-refractivity contribution is 6.34. The van der Waals surface area contributed by atoms with Gasteiger partial charge in [-0.3, -0.25) is 9.59 Å². The highest BCUT2D eigenvalue weighted by Crippen LogP contribution is 2.72. The van der Waals surface area contributed by atoms with Crippen molar-refractivity contribution in [2.24, 2.45) is 0 Å². The van der Waals surface area contributed by atoms with Gasteiger partial charge in [-0.25, -0.2) is 0 Å². The molecule has 150 valence electrons. The summed E-state index contributed by atoms with van der Waals surface area (Å²) in [4.78, 5) is 25.9. The van der Waals surface area contributed by atoms with Crippen LogP contribution in [0.2, 0.25) is 10.0 Å². The lowest BCUT2D eigenvalue weighted by Gasteiger charge is -2.43. The van der Waals surface area contributed by atoms with Crippen LogP contribution in [-0.4, -0.2) is 46.2 Å². The summed E-state index contributed by atoms with van der Waals surface area (Å²) in [5.41, 5.74) is -0.388. The van der Waals surface area contributed by atoms with Crippen molar-refractivity contribution in [1.29, 1.82) is 0 Å². The van der Waals surface area contributed by atoms with Crippen molar-refractivity contribution in [2.75, 3.05) is 0 Å². The van der Waals surface area contributed by atoms with Gasteiger partial charge in [0, 0.05) is 22.8 Å². The van der Waals surface area contributed by atoms with E-state index in [1.807, 2.05) is 0 Å². The molecule has 0 aromatic heterocycles. The van der Waals surface area contributed by atoms with E-state index >= 15 is 0 Å². The van der Waals surface area contributed by atoms with Gasteiger partial charge in [0.15, 0.2) is 35.5 Å². The second-order valence-electron chi connectivity index (χ2n) is 8.25. The van der Waals surface area contributed by atoms with E-state index in [0.29, 0.717) is 11.1 Å². The standard InChI is InChI=1S/C20H8Cl2O8/c21-4-1-3-9-7(11(4)23)13(25)16-18(28-16)20(9)29-6-2-5(22)12(24)8-10(6)19(3,30-20)17-15(27-17)14(8)26/h1-2,15-18,23-24H/t15?,16?,17-,18-,19+,20+/m1/s1. The minimum Gasteiger partial charge on any atom is -0.506 e. The van der Waals surface area contributed by atoms with Crippen molar-refractivity contribution in [2.45, 2.75) is 35.8 Å². The maximum absolute atomic E-state index is 12.9. The first-order valence-electron chi connectivity index (χ1n) is 9.22. The number of ketones is 2. The molecule has 2 aliphatic carbocycles. The molecule has 2 aromatic rings. The lowest BCUT2D eigenvalue weighted by molar-refractivity contribution is -0.262. The molecular weight excluding hydrogens is 439 g/mol. The minimum absolute atomic E-state index is 0.0214. The van der Waals surface area contributed by atoms with Gasteiger partial charge in [-0.2, -0.15) is 0 Å². The molecule has 0 radical (unpaired) electrons. The summed E-state index contributed by atoms with van der Waals surface area (Å²) in [6.45, 7) is 0. The highest BCUT2D eigenvalue weighted by Gasteiger charge is 2.81. The number of benzene rings is 2. The summed E-state index contributed by atoms with van der Waals surface area (Å²) < 4.78 is 24.1. The quantitative estimate of drug-likeness (QED) is 0.590. The first-order chi connectivity index (χ1) is 14.3. The van der Waals surface area contributed by atoms with Crippen LogP contribution in [0.5, 0.6) is 17.2 Å². The normalized spacial score (nSPS) is 39.5. The Balaban J connectivity index is 1.59. The Morgan fingerprint density at radius 3 is 2.20 bits per heavy atom. The predicted octanol–water partition coefficient (Wildman–Crippen LogP) is 2.15. The van der Waals surface area contributed by atoms with Crippen LogP contribution in [0.4, 0.5) is 0 Å². The molecular formula is C20H8Cl2O8. The molecule has 4 aliphatic heterocycles. The van der Waals surface area contributed by atoms with Gasteiger partial charge in [-0.15, -0.1) is 0 Å². The maximum Gasteiger partial charge on any atom is 0.269 e. The monoisotopic (exact) mass is 446 g/mol. The molecule has 6 aliphatic rings. The van der Waals surface area contributed by atoms with Crippen molar-refractivity contribution in [3.05, 3.63) is 50.0 Å². The van der Waals surface area contributed by atoms with Gasteiger partial charge in [0.05, 0.1) is 21.2 Å². The molecule has 2 unspecified atom stereocenters. The molecule has 2 N–H and O–H groups in total. The number of Topliss-reactive ketones (excluding diaryl/α,β-unsaturated/α-hetero) is 2. The summed E-state index contributed by atoms with van der Waals surface area (Å²) >= 11 is 12.5. The fraction of sp³-hybridized carbons (Fsp3) is 0.300. The number of halogens is 2. The van der Waals surface area contributed by atoms with Gasteiger partial charge >= 0.3 is 0 Å². The van der Waals surface area contributed by atoms with E-state index in [-0.39, 0.29) is 38.2 Å². The average Bonchev–Trinajstić information content (AvgIpc) is 3.60. The van der Waals surface area contributed by atoms with E-state index in [0.717, 1.165) is 0 Å². The van der Waals surface area contributed by atoms with Gasteiger partial charge in [0.1, 0.15) is 23.4 Å². The number of ether oxygens (including phenoxy) is 4. The van der Waals surface area contributed by atoms with Crippen LogP contribution in [0.1, 0.15) is 37.4 Å². The van der Waals surface area contributed by atoms with Crippen molar-refractivity contribution < 1.29 is 38.7 Å². The zero-order chi connectivity index (χ0) is 20.5. The number of phenols is 2. The summed E-state index contributed by atoms with van der Waals surface area (Å²) in [6.07, 6.45) is -3.14. The second-order valence-corrected chi connectivity index (χ2v) is 9.06. The van der Waals surface area contributed by atoms with Crippen LogP contribution in [-0.2, 0) is 25.6 Å². The number of carbonyl (C=O) groups excluding carboxylic acids is 2. The molecule has 30 heavy (non-hydrogen) atoms. The molecule has 2 spiro atoms. The van der Waals surface area contributed by atoms with Crippen LogP contribution in [0.15, 0.2) is 12.1 Å². The molecule has 0 amide bonds. The molecule has 2 bridgehead atoms. The van der Waals surface area contributed by atoms with Crippen molar-refractivity contribution in [3.8, 4) is 17.2 Å². The van der Waals surface area contributed by atoms with Crippen molar-refractivity contribution >= 4 is 34.8 Å². The zero-order valence-corrected chi connectivity index (χ0v) is 16.1. The van der Waals surface area contributed by atoms with Gasteiger partial charge in [0.25, 0.3) is 5.79 Å². The fourth-order valence-corrected chi connectivity index (χ4v) is 6.12. The first-order valence-corrected chi connectivity index (χ1v) is 9.97. The minimum atomic E-state index is -1.53. The van der Waals surface area contributed by atoms with Crippen LogP contribution < -0.4 is 4.74 Å². The highest BCUT2D eigenvalue weighted by atomic mass is 35.5. The Hall–Kier alpha value is -2.36. The molecule has 2 aromatic carbocycles. The summed E-state index contributed by atoms with van der Waals surface area (Å²) in [5.74, 6) is -2.92. The lowest BCUT2D eigenvalue weighted by Crippen LogP contribution is -2.53. The number of phenolic OH excluding ortho intramolecular Hbond substituents is 2. The van der Waals surface area contributed by atoms with E-state index in [4.69, 9.17) is 42.1 Å². The molecule has 2 saturated heterocycles. The lowest BCUT2D eigenvalue weighted by atomic mass is 9.72. The molecule has 0 saturated carbocycles. The van der Waals surface area contributed by atoms with Crippen LogP contribution in [0.3, 0.4) is 0 Å². The van der Waals surface area contributed by atoms with E-state index in [9.17, 15) is 19.8 Å². The number of carbonyl (C=O) groups is 2. The van der Waals surface area contributed by atoms with E-state index in [1.165, 1.54) is 12.1 Å². The Labute approximate surface area is 176 Å². The van der Waals surface area contributed by atoms with Gasteiger partial charge in [-0.05, 0) is 6.07 Å². The Morgan fingerprint density at radius 1 is 0.867 bits per heavy atom. The number of rotatable bonds is 0. The van der Waals surface area contributed by atoms with E-state index < -0.39 is 53.1 Å². The third-order valence-corrected chi connectivity index (χ3v) is 7.51. The molecule has 10 heteroatoms. The van der Waals surface area contributed by atoms with Crippen LogP contribution in [0.25, 0.3) is 0 Å². The third kappa shape index (κ3) is 1.37. The number of hydrogen-bond donors (Lipinski definition) is 2. The third-order valence-electron chi connectivity index (χ3n) is 6.93. The Morgan fingerprint density at radius 2 is 1.47 bits per heavy atom.